The SMILES string of the molecule is CCC(CC)(C(=O)NCC(N)C1CCC(C(=O)Nc2ccncc2)CC1)c1ccc(C)c(F)c1. The van der Waals surface area contributed by atoms with E-state index in [1.165, 1.54) is 6.07 Å². The maximum absolute atomic E-state index is 14.2. The van der Waals surface area contributed by atoms with E-state index in [0.29, 0.717) is 30.5 Å². The van der Waals surface area contributed by atoms with Gasteiger partial charge in [-0.15, -0.1) is 0 Å². The van der Waals surface area contributed by atoms with Crippen molar-refractivity contribution in [3.63, 3.8) is 0 Å². The topological polar surface area (TPSA) is 97.1 Å². The van der Waals surface area contributed by atoms with Gasteiger partial charge in [-0.1, -0.05) is 26.0 Å². The number of aryl methyl sites for hydroxylation is 1. The first kappa shape index (κ1) is 25.8. The van der Waals surface area contributed by atoms with Gasteiger partial charge in [-0.25, -0.2) is 4.39 Å². The minimum atomic E-state index is -0.781. The minimum absolute atomic E-state index is 0.0320. The van der Waals surface area contributed by atoms with Crippen LogP contribution in [0, 0.1) is 24.6 Å². The van der Waals surface area contributed by atoms with Gasteiger partial charge < -0.3 is 16.4 Å². The van der Waals surface area contributed by atoms with Gasteiger partial charge in [0.25, 0.3) is 0 Å². The molecule has 1 saturated carbocycles. The van der Waals surface area contributed by atoms with Crippen molar-refractivity contribution in [2.24, 2.45) is 17.6 Å². The number of carbonyl (C=O) groups excluding carboxylic acids is 2. The third-order valence-corrected chi connectivity index (χ3v) is 7.56. The molecule has 0 saturated heterocycles. The number of carbonyl (C=O) groups is 2. The Morgan fingerprint density at radius 2 is 1.76 bits per heavy atom. The largest absolute Gasteiger partial charge is 0.354 e. The van der Waals surface area contributed by atoms with E-state index in [0.717, 1.165) is 31.4 Å². The Labute approximate surface area is 201 Å². The van der Waals surface area contributed by atoms with E-state index in [2.05, 4.69) is 15.6 Å². The van der Waals surface area contributed by atoms with Gasteiger partial charge in [0.2, 0.25) is 11.8 Å². The molecule has 2 aromatic rings. The van der Waals surface area contributed by atoms with Crippen LogP contribution >= 0.6 is 0 Å². The average molecular weight is 469 g/mol. The molecule has 1 fully saturated rings. The number of anilines is 1. The highest BCUT2D eigenvalue weighted by Gasteiger charge is 2.38. The predicted octanol–water partition coefficient (Wildman–Crippen LogP) is 4.48. The fraction of sp³-hybridized carbons (Fsp3) is 0.519. The lowest BCUT2D eigenvalue weighted by atomic mass is 9.74. The normalized spacial score (nSPS) is 19.3. The molecule has 4 N–H and O–H groups in total. The Hall–Kier alpha value is -2.80. The zero-order valence-electron chi connectivity index (χ0n) is 20.4. The van der Waals surface area contributed by atoms with Crippen molar-refractivity contribution >= 4 is 17.5 Å². The zero-order chi connectivity index (χ0) is 24.7. The van der Waals surface area contributed by atoms with Gasteiger partial charge in [-0.05, 0) is 80.7 Å². The molecule has 3 rings (SSSR count). The second kappa shape index (κ2) is 11.6. The number of hydrogen-bond acceptors (Lipinski definition) is 4. The summed E-state index contributed by atoms with van der Waals surface area (Å²) in [5.74, 6) is -0.151. The summed E-state index contributed by atoms with van der Waals surface area (Å²) in [7, 11) is 0. The van der Waals surface area contributed by atoms with Crippen molar-refractivity contribution in [1.29, 1.82) is 0 Å². The second-order valence-electron chi connectivity index (χ2n) is 9.46. The third-order valence-electron chi connectivity index (χ3n) is 7.56. The van der Waals surface area contributed by atoms with Crippen LogP contribution in [0.3, 0.4) is 0 Å². The minimum Gasteiger partial charge on any atom is -0.354 e. The second-order valence-corrected chi connectivity index (χ2v) is 9.46. The molecule has 0 radical (unpaired) electrons. The summed E-state index contributed by atoms with van der Waals surface area (Å²) in [6.07, 6.45) is 7.71. The molecular formula is C27H37FN4O2. The van der Waals surface area contributed by atoms with Gasteiger partial charge in [0.05, 0.1) is 5.41 Å². The van der Waals surface area contributed by atoms with Crippen molar-refractivity contribution in [1.82, 2.24) is 10.3 Å². The van der Waals surface area contributed by atoms with E-state index in [-0.39, 0.29) is 35.5 Å². The van der Waals surface area contributed by atoms with Crippen LogP contribution in [0.2, 0.25) is 0 Å². The van der Waals surface area contributed by atoms with E-state index < -0.39 is 5.41 Å². The van der Waals surface area contributed by atoms with E-state index in [9.17, 15) is 14.0 Å². The van der Waals surface area contributed by atoms with Gasteiger partial charge in [0.15, 0.2) is 0 Å². The summed E-state index contributed by atoms with van der Waals surface area (Å²) >= 11 is 0. The van der Waals surface area contributed by atoms with Gasteiger partial charge in [-0.2, -0.15) is 0 Å². The molecule has 2 amide bonds. The number of aromatic nitrogens is 1. The van der Waals surface area contributed by atoms with Crippen LogP contribution in [-0.4, -0.2) is 29.4 Å². The number of amides is 2. The molecular weight excluding hydrogens is 431 g/mol. The standard InChI is InChI=1S/C27H37FN4O2/c1-4-27(5-2,21-11-6-18(3)23(28)16-21)26(34)31-17-24(29)19-7-9-20(10-8-19)25(33)32-22-12-14-30-15-13-22/h6,11-16,19-20,24H,4-5,7-10,17,29H2,1-3H3,(H,31,34)(H,30,32,33). The summed E-state index contributed by atoms with van der Waals surface area (Å²) in [4.78, 5) is 29.8. The van der Waals surface area contributed by atoms with Crippen LogP contribution in [0.25, 0.3) is 0 Å². The maximum Gasteiger partial charge on any atom is 0.230 e. The highest BCUT2D eigenvalue weighted by molar-refractivity contribution is 5.92. The quantitative estimate of drug-likeness (QED) is 0.506. The maximum atomic E-state index is 14.2. The number of rotatable bonds is 9. The van der Waals surface area contributed by atoms with Crippen LogP contribution in [-0.2, 0) is 15.0 Å². The molecule has 0 spiro atoms. The summed E-state index contributed by atoms with van der Waals surface area (Å²) in [6, 6.07) is 8.44. The molecule has 0 aliphatic heterocycles. The fourth-order valence-corrected chi connectivity index (χ4v) is 5.04. The molecule has 1 aliphatic carbocycles. The number of nitrogens with two attached hydrogens (primary N) is 1. The molecule has 1 aliphatic rings. The first-order valence-corrected chi connectivity index (χ1v) is 12.3. The third kappa shape index (κ3) is 5.81. The number of nitrogens with zero attached hydrogens (tertiary/aromatic N) is 1. The van der Waals surface area contributed by atoms with Crippen molar-refractivity contribution in [3.8, 4) is 0 Å². The molecule has 184 valence electrons. The van der Waals surface area contributed by atoms with E-state index in [1.54, 1.807) is 37.5 Å². The number of hydrogen-bond donors (Lipinski definition) is 3. The van der Waals surface area contributed by atoms with E-state index in [1.807, 2.05) is 19.9 Å². The van der Waals surface area contributed by atoms with Crippen molar-refractivity contribution < 1.29 is 14.0 Å². The lowest BCUT2D eigenvalue weighted by Gasteiger charge is -2.34. The molecule has 1 atom stereocenters. The van der Waals surface area contributed by atoms with Crippen LogP contribution in [0.1, 0.15) is 63.5 Å². The number of benzene rings is 1. The smallest absolute Gasteiger partial charge is 0.230 e. The molecule has 34 heavy (non-hydrogen) atoms. The van der Waals surface area contributed by atoms with Crippen LogP contribution in [0.4, 0.5) is 10.1 Å². The molecule has 1 aromatic heterocycles. The Bertz CT molecular complexity index is 970. The Morgan fingerprint density at radius 1 is 1.12 bits per heavy atom. The summed E-state index contributed by atoms with van der Waals surface area (Å²) in [5, 5.41) is 6.00. The average Bonchev–Trinajstić information content (AvgIpc) is 2.86. The summed E-state index contributed by atoms with van der Waals surface area (Å²) in [5.41, 5.74) is 7.71. The van der Waals surface area contributed by atoms with Crippen molar-refractivity contribution in [2.75, 3.05) is 11.9 Å². The van der Waals surface area contributed by atoms with Gasteiger partial charge >= 0.3 is 0 Å². The first-order chi connectivity index (χ1) is 16.3. The predicted molar refractivity (Wildman–Crippen MR) is 133 cm³/mol. The molecule has 1 heterocycles. The Kier molecular flexibility index (Phi) is 8.78. The molecule has 1 unspecified atom stereocenters. The van der Waals surface area contributed by atoms with Crippen molar-refractivity contribution in [2.45, 2.75) is 70.8 Å². The summed E-state index contributed by atoms with van der Waals surface area (Å²) in [6.45, 7) is 6.00. The molecule has 7 heteroatoms. The van der Waals surface area contributed by atoms with Gasteiger partial charge in [0.1, 0.15) is 5.82 Å². The molecule has 1 aromatic carbocycles. The number of pyridine rings is 1. The highest BCUT2D eigenvalue weighted by atomic mass is 19.1. The molecule has 6 nitrogen and oxygen atoms in total. The monoisotopic (exact) mass is 468 g/mol. The van der Waals surface area contributed by atoms with Crippen LogP contribution in [0.15, 0.2) is 42.7 Å². The Balaban J connectivity index is 1.53. The number of halogens is 1. The van der Waals surface area contributed by atoms with Gasteiger partial charge in [0, 0.05) is 36.6 Å². The highest BCUT2D eigenvalue weighted by Crippen LogP contribution is 2.34. The lowest BCUT2D eigenvalue weighted by Crippen LogP contribution is -2.49. The van der Waals surface area contributed by atoms with Crippen LogP contribution < -0.4 is 16.4 Å². The van der Waals surface area contributed by atoms with E-state index in [4.69, 9.17) is 5.73 Å². The van der Waals surface area contributed by atoms with Crippen LogP contribution in [0.5, 0.6) is 0 Å². The number of nitrogens with one attached hydrogen (secondary N) is 2. The summed E-state index contributed by atoms with van der Waals surface area (Å²) < 4.78 is 14.2. The zero-order valence-corrected chi connectivity index (χ0v) is 20.4. The van der Waals surface area contributed by atoms with Crippen molar-refractivity contribution in [3.05, 3.63) is 59.7 Å². The Morgan fingerprint density at radius 3 is 2.35 bits per heavy atom. The first-order valence-electron chi connectivity index (χ1n) is 12.3. The van der Waals surface area contributed by atoms with Gasteiger partial charge in [-0.3, -0.25) is 14.6 Å². The molecule has 0 bridgehead atoms. The lowest BCUT2D eigenvalue weighted by molar-refractivity contribution is -0.127. The fourth-order valence-electron chi connectivity index (χ4n) is 5.04. The van der Waals surface area contributed by atoms with E-state index >= 15 is 0 Å².